The van der Waals surface area contributed by atoms with Gasteiger partial charge in [0.05, 0.1) is 11.6 Å². The van der Waals surface area contributed by atoms with E-state index in [9.17, 15) is 18.4 Å². The van der Waals surface area contributed by atoms with Gasteiger partial charge >= 0.3 is 0 Å². The second kappa shape index (κ2) is 7.93. The predicted octanol–water partition coefficient (Wildman–Crippen LogP) is 4.73. The summed E-state index contributed by atoms with van der Waals surface area (Å²) < 4.78 is 28.9. The minimum absolute atomic E-state index is 0.0724. The topological polar surface area (TPSA) is 76.9 Å². The molecule has 3 aromatic rings. The first-order valence-electron chi connectivity index (χ1n) is 9.94. The van der Waals surface area contributed by atoms with Crippen molar-refractivity contribution >= 4 is 28.8 Å². The monoisotopic (exact) mass is 412 g/mol. The van der Waals surface area contributed by atoms with Gasteiger partial charge in [0.25, 0.3) is 11.8 Å². The maximum atomic E-state index is 13.5. The van der Waals surface area contributed by atoms with Crippen molar-refractivity contribution < 1.29 is 18.4 Å². The van der Waals surface area contributed by atoms with Crippen LogP contribution in [0.15, 0.2) is 42.6 Å². The van der Waals surface area contributed by atoms with Gasteiger partial charge in [-0.1, -0.05) is 6.07 Å². The van der Waals surface area contributed by atoms with Gasteiger partial charge < -0.3 is 10.1 Å². The lowest BCUT2D eigenvalue weighted by molar-refractivity contribution is -0.112. The molecular weight excluding hydrogens is 390 g/mol. The highest BCUT2D eigenvalue weighted by molar-refractivity contribution is 6.03. The highest BCUT2D eigenvalue weighted by atomic mass is 19.3. The Balaban J connectivity index is 1.50. The highest BCUT2D eigenvalue weighted by Gasteiger charge is 2.27. The lowest BCUT2D eigenvalue weighted by Crippen LogP contribution is -2.19. The molecule has 1 N–H and O–H groups in total. The first-order chi connectivity index (χ1) is 14.3. The summed E-state index contributed by atoms with van der Waals surface area (Å²) in [4.78, 5) is 27.2. The number of pyridine rings is 1. The van der Waals surface area contributed by atoms with Crippen molar-refractivity contribution in [3.63, 3.8) is 0 Å². The molecule has 6 nitrogen and oxygen atoms in total. The Bertz CT molecular complexity index is 1080. The molecule has 1 amide bonds. The second-order valence-electron chi connectivity index (χ2n) is 7.84. The normalized spacial score (nSPS) is 19.6. The number of nitrogens with one attached hydrogen (secondary N) is 1. The van der Waals surface area contributed by atoms with E-state index in [0.717, 1.165) is 49.8 Å². The zero-order valence-corrected chi connectivity index (χ0v) is 16.5. The van der Waals surface area contributed by atoms with Crippen LogP contribution < -0.4 is 5.32 Å². The molecule has 0 unspecified atom stereocenters. The molecule has 4 rings (SSSR count). The maximum absolute atomic E-state index is 13.5. The van der Waals surface area contributed by atoms with Crippen molar-refractivity contribution in [1.82, 2.24) is 14.8 Å². The van der Waals surface area contributed by atoms with Crippen LogP contribution in [-0.4, -0.2) is 27.0 Å². The Labute approximate surface area is 172 Å². The van der Waals surface area contributed by atoms with Crippen LogP contribution in [0.2, 0.25) is 0 Å². The molecule has 0 saturated heterocycles. The summed E-state index contributed by atoms with van der Waals surface area (Å²) in [5.41, 5.74) is 0.816. The molecule has 1 aromatic carbocycles. The number of anilines is 1. The van der Waals surface area contributed by atoms with Crippen LogP contribution in [-0.2, 0) is 10.7 Å². The van der Waals surface area contributed by atoms with Crippen LogP contribution in [0, 0.1) is 5.92 Å². The van der Waals surface area contributed by atoms with Gasteiger partial charge in [-0.05, 0) is 56.0 Å². The van der Waals surface area contributed by atoms with Gasteiger partial charge in [-0.2, -0.15) is 13.9 Å². The number of carbonyl (C=O) groups is 2. The number of hydrogen-bond acceptors (Lipinski definition) is 4. The third kappa shape index (κ3) is 4.22. The molecule has 156 valence electrons. The van der Waals surface area contributed by atoms with Crippen molar-refractivity contribution in [1.29, 1.82) is 0 Å². The van der Waals surface area contributed by atoms with Crippen LogP contribution in [0.1, 0.15) is 54.8 Å². The third-order valence-corrected chi connectivity index (χ3v) is 5.52. The third-order valence-electron chi connectivity index (χ3n) is 5.52. The van der Waals surface area contributed by atoms with Crippen molar-refractivity contribution in [2.75, 3.05) is 5.32 Å². The molecule has 2 aromatic heterocycles. The fourth-order valence-corrected chi connectivity index (χ4v) is 3.81. The molecule has 1 saturated carbocycles. The Kier molecular flexibility index (Phi) is 5.32. The van der Waals surface area contributed by atoms with Crippen LogP contribution in [0.25, 0.3) is 10.9 Å². The number of alkyl halides is 2. The molecule has 2 heterocycles. The van der Waals surface area contributed by atoms with Crippen molar-refractivity contribution in [2.45, 2.75) is 44.6 Å². The summed E-state index contributed by atoms with van der Waals surface area (Å²) in [6, 6.07) is 9.57. The molecule has 0 atom stereocenters. The minimum Gasteiger partial charge on any atom is -0.321 e. The van der Waals surface area contributed by atoms with Gasteiger partial charge in [0.15, 0.2) is 0 Å². The number of amides is 1. The Hall–Kier alpha value is -3.16. The predicted molar refractivity (Wildman–Crippen MR) is 109 cm³/mol. The number of hydrogen-bond donors (Lipinski definition) is 1. The van der Waals surface area contributed by atoms with Gasteiger partial charge in [-0.15, -0.1) is 0 Å². The van der Waals surface area contributed by atoms with Gasteiger partial charge in [-0.3, -0.25) is 9.48 Å². The number of aromatic nitrogens is 3. The van der Waals surface area contributed by atoms with Gasteiger partial charge in [0.2, 0.25) is 0 Å². The van der Waals surface area contributed by atoms with E-state index < -0.39 is 17.5 Å². The smallest absolute Gasteiger partial charge is 0.287 e. The zero-order chi connectivity index (χ0) is 21.3. The molecule has 0 spiro atoms. The van der Waals surface area contributed by atoms with Crippen LogP contribution in [0.5, 0.6) is 0 Å². The fraction of sp³-hybridized carbons (Fsp3) is 0.364. The minimum atomic E-state index is -3.12. The van der Waals surface area contributed by atoms with E-state index in [-0.39, 0.29) is 17.7 Å². The van der Waals surface area contributed by atoms with Crippen molar-refractivity contribution in [2.24, 2.45) is 5.92 Å². The zero-order valence-electron chi connectivity index (χ0n) is 16.5. The Morgan fingerprint density at radius 1 is 1.20 bits per heavy atom. The van der Waals surface area contributed by atoms with E-state index >= 15 is 0 Å². The SMILES string of the molecule is CC(F)(F)c1cccc(C(=O)Nc2ccc3nn([C@H]4CC[C@H](C=O)CC4)cc3c2)n1. The molecule has 1 fully saturated rings. The molecule has 0 aliphatic heterocycles. The molecule has 1 aliphatic carbocycles. The quantitative estimate of drug-likeness (QED) is 0.615. The van der Waals surface area contributed by atoms with Crippen molar-refractivity contribution in [3.05, 3.63) is 54.0 Å². The van der Waals surface area contributed by atoms with Gasteiger partial charge in [0.1, 0.15) is 17.7 Å². The average Bonchev–Trinajstić information content (AvgIpc) is 3.16. The van der Waals surface area contributed by atoms with Crippen LogP contribution in [0.3, 0.4) is 0 Å². The van der Waals surface area contributed by atoms with E-state index in [2.05, 4.69) is 15.4 Å². The number of fused-ring (bicyclic) bond motifs is 1. The maximum Gasteiger partial charge on any atom is 0.287 e. The number of halogens is 2. The molecule has 30 heavy (non-hydrogen) atoms. The van der Waals surface area contributed by atoms with Crippen molar-refractivity contribution in [3.8, 4) is 0 Å². The summed E-state index contributed by atoms with van der Waals surface area (Å²) in [5, 5.41) is 8.20. The lowest BCUT2D eigenvalue weighted by atomic mass is 9.87. The van der Waals surface area contributed by atoms with E-state index in [4.69, 9.17) is 0 Å². The summed E-state index contributed by atoms with van der Waals surface area (Å²) in [6.07, 6.45) is 6.53. The summed E-state index contributed by atoms with van der Waals surface area (Å²) in [6.45, 7) is 0.744. The average molecular weight is 412 g/mol. The highest BCUT2D eigenvalue weighted by Crippen LogP contribution is 2.32. The Morgan fingerprint density at radius 2 is 1.97 bits per heavy atom. The molecule has 1 aliphatic rings. The van der Waals surface area contributed by atoms with E-state index in [0.29, 0.717) is 5.69 Å². The molecule has 0 radical (unpaired) electrons. The molecular formula is C22H22F2N4O2. The van der Waals surface area contributed by atoms with E-state index in [1.54, 1.807) is 12.1 Å². The van der Waals surface area contributed by atoms with E-state index in [1.165, 1.54) is 18.2 Å². The summed E-state index contributed by atoms with van der Waals surface area (Å²) in [7, 11) is 0. The number of benzene rings is 1. The Morgan fingerprint density at radius 3 is 2.67 bits per heavy atom. The first kappa shape index (κ1) is 20.1. The summed E-state index contributed by atoms with van der Waals surface area (Å²) in [5.74, 6) is -3.53. The molecule has 8 heteroatoms. The number of nitrogens with zero attached hydrogens (tertiary/aromatic N) is 3. The number of aldehydes is 1. The first-order valence-corrected chi connectivity index (χ1v) is 9.94. The van der Waals surface area contributed by atoms with Gasteiger partial charge in [-0.25, -0.2) is 4.98 Å². The standard InChI is InChI=1S/C22H22F2N4O2/c1-22(23,24)20-4-2-3-19(26-20)21(30)25-16-7-10-18-15(11-16)12-28(27-18)17-8-5-14(13-29)6-9-17/h2-4,7,10-14,17H,5-6,8-9H2,1H3,(H,25,30)/t14-,17-. The second-order valence-corrected chi connectivity index (χ2v) is 7.84. The van der Waals surface area contributed by atoms with Gasteiger partial charge in [0, 0.05) is 30.1 Å². The molecule has 0 bridgehead atoms. The largest absolute Gasteiger partial charge is 0.321 e. The fourth-order valence-electron chi connectivity index (χ4n) is 3.81. The van der Waals surface area contributed by atoms with Crippen LogP contribution >= 0.6 is 0 Å². The summed E-state index contributed by atoms with van der Waals surface area (Å²) >= 11 is 0. The number of rotatable bonds is 5. The number of carbonyl (C=O) groups excluding carboxylic acids is 2. The van der Waals surface area contributed by atoms with E-state index in [1.807, 2.05) is 16.9 Å². The lowest BCUT2D eigenvalue weighted by Gasteiger charge is -2.25. The van der Waals surface area contributed by atoms with Crippen LogP contribution in [0.4, 0.5) is 14.5 Å².